The second-order valence-corrected chi connectivity index (χ2v) is 10.3. The first kappa shape index (κ1) is 27.5. The van der Waals surface area contributed by atoms with E-state index in [-0.39, 0.29) is 34.9 Å². The zero-order chi connectivity index (χ0) is 31.2. The van der Waals surface area contributed by atoms with Crippen LogP contribution in [0.5, 0.6) is 0 Å². The third-order valence-electron chi connectivity index (χ3n) is 6.96. The molecular formula is C33H24N6O6. The lowest BCUT2D eigenvalue weighted by molar-refractivity contribution is -0.115. The Morgan fingerprint density at radius 3 is 1.00 bits per heavy atom. The smallest absolute Gasteiger partial charge is 0.221 e. The number of aromatic nitrogens is 3. The molecule has 0 radical (unpaired) electrons. The number of pyridine rings is 3. The summed E-state index contributed by atoms with van der Waals surface area (Å²) >= 11 is 0. The first-order chi connectivity index (χ1) is 21.7. The summed E-state index contributed by atoms with van der Waals surface area (Å²) in [5, 5.41) is 10.3. The Morgan fingerprint density at radius 2 is 0.733 bits per heavy atom. The molecule has 3 amide bonds. The summed E-state index contributed by atoms with van der Waals surface area (Å²) in [7, 11) is 0. The normalized spacial score (nSPS) is 11.3. The van der Waals surface area contributed by atoms with Gasteiger partial charge >= 0.3 is 0 Å². The van der Waals surface area contributed by atoms with Crippen LogP contribution < -0.4 is 16.0 Å². The van der Waals surface area contributed by atoms with Crippen molar-refractivity contribution in [1.82, 2.24) is 15.0 Å². The average molecular weight is 601 g/mol. The highest BCUT2D eigenvalue weighted by atomic mass is 16.3. The van der Waals surface area contributed by atoms with Gasteiger partial charge in [0.05, 0.1) is 17.1 Å². The largest absolute Gasteiger partial charge is 0.437 e. The van der Waals surface area contributed by atoms with Crippen LogP contribution >= 0.6 is 0 Å². The molecule has 0 saturated heterocycles. The molecule has 6 bridgehead atoms. The molecule has 0 aliphatic heterocycles. The molecule has 4 aromatic heterocycles. The minimum absolute atomic E-state index is 0.232. The highest BCUT2D eigenvalue weighted by Gasteiger charge is 2.13. The van der Waals surface area contributed by atoms with E-state index in [1.54, 1.807) is 72.8 Å². The van der Waals surface area contributed by atoms with Gasteiger partial charge in [0.2, 0.25) is 34.9 Å². The summed E-state index contributed by atoms with van der Waals surface area (Å²) in [5.74, 6) is -0.722. The maximum absolute atomic E-state index is 11.9. The number of carbonyl (C=O) groups is 3. The number of hydrogen-bond acceptors (Lipinski definition) is 9. The van der Waals surface area contributed by atoms with Crippen molar-refractivity contribution in [2.45, 2.75) is 20.8 Å². The van der Waals surface area contributed by atoms with Crippen molar-refractivity contribution in [3.63, 3.8) is 0 Å². The molecule has 0 saturated carbocycles. The lowest BCUT2D eigenvalue weighted by Crippen LogP contribution is -2.06. The summed E-state index contributed by atoms with van der Waals surface area (Å²) in [6.45, 7) is 4.27. The SMILES string of the molecule is CC(=O)Nc1ccc2oc3ccc4c(NC(C)=O)ccc(oc5ccc6c(NC(C)=O)ccc(oc7ccc1c2n7)c6n5)c4n3. The summed E-state index contributed by atoms with van der Waals surface area (Å²) in [6, 6.07) is 20.6. The Morgan fingerprint density at radius 1 is 0.444 bits per heavy atom. The molecule has 0 fully saturated rings. The Hall–Kier alpha value is -6.30. The number of benzene rings is 3. The second kappa shape index (κ2) is 10.8. The van der Waals surface area contributed by atoms with Gasteiger partial charge in [0.15, 0.2) is 16.7 Å². The number of rotatable bonds is 3. The topological polar surface area (TPSA) is 165 Å². The van der Waals surface area contributed by atoms with E-state index in [0.717, 1.165) is 0 Å². The third-order valence-corrected chi connectivity index (χ3v) is 6.96. The quantitative estimate of drug-likeness (QED) is 0.191. The van der Waals surface area contributed by atoms with E-state index in [9.17, 15) is 14.4 Å². The summed E-state index contributed by atoms with van der Waals surface area (Å²) < 4.78 is 18.8. The number of anilines is 3. The number of amides is 3. The Bertz CT molecular complexity index is 2200. The van der Waals surface area contributed by atoms with Crippen molar-refractivity contribution in [3.05, 3.63) is 72.8 Å². The zero-order valence-corrected chi connectivity index (χ0v) is 24.2. The van der Waals surface area contributed by atoms with E-state index in [4.69, 9.17) is 28.2 Å². The summed E-state index contributed by atoms with van der Waals surface area (Å²) in [6.07, 6.45) is 0. The highest BCUT2D eigenvalue weighted by molar-refractivity contribution is 6.08. The molecule has 4 heterocycles. The van der Waals surface area contributed by atoms with Crippen LogP contribution in [0.25, 0.3) is 66.6 Å². The molecule has 0 aliphatic rings. The van der Waals surface area contributed by atoms with E-state index < -0.39 is 0 Å². The van der Waals surface area contributed by atoms with Gasteiger partial charge in [0, 0.05) is 55.1 Å². The number of nitrogens with one attached hydrogen (secondary N) is 3. The second-order valence-electron chi connectivity index (χ2n) is 10.3. The average Bonchev–Trinajstić information content (AvgIpc) is 3.00. The lowest BCUT2D eigenvalue weighted by atomic mass is 10.1. The first-order valence-electron chi connectivity index (χ1n) is 13.9. The molecule has 0 aliphatic carbocycles. The number of nitrogens with zero attached hydrogens (tertiary/aromatic N) is 3. The Labute approximate surface area is 253 Å². The Balaban J connectivity index is 1.67. The van der Waals surface area contributed by atoms with Crippen LogP contribution in [0.15, 0.2) is 86.0 Å². The van der Waals surface area contributed by atoms with Crippen molar-refractivity contribution in [2.24, 2.45) is 0 Å². The fourth-order valence-electron chi connectivity index (χ4n) is 5.17. The monoisotopic (exact) mass is 600 g/mol. The van der Waals surface area contributed by atoms with Crippen LogP contribution in [-0.4, -0.2) is 32.7 Å². The van der Waals surface area contributed by atoms with Crippen molar-refractivity contribution >= 4 is 101 Å². The van der Waals surface area contributed by atoms with Gasteiger partial charge in [-0.2, -0.15) is 0 Å². The molecule has 0 atom stereocenters. The first-order valence-corrected chi connectivity index (χ1v) is 13.9. The lowest BCUT2D eigenvalue weighted by Gasteiger charge is -2.08. The Kier molecular flexibility index (Phi) is 6.58. The highest BCUT2D eigenvalue weighted by Crippen LogP contribution is 2.32. The van der Waals surface area contributed by atoms with Gasteiger partial charge in [-0.05, 0) is 54.6 Å². The molecule has 7 aromatic rings. The molecule has 3 N–H and O–H groups in total. The van der Waals surface area contributed by atoms with E-state index >= 15 is 0 Å². The van der Waals surface area contributed by atoms with Gasteiger partial charge in [-0.15, -0.1) is 0 Å². The number of carbonyl (C=O) groups excluding carboxylic acids is 3. The fraction of sp³-hybridized carbons (Fsp3) is 0.0909. The predicted molar refractivity (Wildman–Crippen MR) is 171 cm³/mol. The van der Waals surface area contributed by atoms with E-state index in [2.05, 4.69) is 16.0 Å². The van der Waals surface area contributed by atoms with E-state index in [0.29, 0.717) is 66.5 Å². The molecule has 0 spiro atoms. The van der Waals surface area contributed by atoms with Crippen LogP contribution in [0.2, 0.25) is 0 Å². The maximum Gasteiger partial charge on any atom is 0.221 e. The van der Waals surface area contributed by atoms with Crippen molar-refractivity contribution in [3.8, 4) is 0 Å². The van der Waals surface area contributed by atoms with Gasteiger partial charge in [-0.25, -0.2) is 15.0 Å². The summed E-state index contributed by atoms with van der Waals surface area (Å²) in [4.78, 5) is 50.1. The van der Waals surface area contributed by atoms with Crippen LogP contribution in [0.3, 0.4) is 0 Å². The molecule has 12 heteroatoms. The zero-order valence-electron chi connectivity index (χ0n) is 24.2. The minimum atomic E-state index is -0.241. The predicted octanol–water partition coefficient (Wildman–Crippen LogP) is 7.13. The van der Waals surface area contributed by atoms with Crippen LogP contribution in [-0.2, 0) is 14.4 Å². The van der Waals surface area contributed by atoms with E-state index in [1.807, 2.05) is 0 Å². The molecular weight excluding hydrogens is 576 g/mol. The van der Waals surface area contributed by atoms with E-state index in [1.165, 1.54) is 20.8 Å². The molecule has 7 rings (SSSR count). The number of fused-ring (bicyclic) bond motifs is 3. The van der Waals surface area contributed by atoms with Gasteiger partial charge < -0.3 is 29.2 Å². The third kappa shape index (κ3) is 5.25. The van der Waals surface area contributed by atoms with Crippen LogP contribution in [0, 0.1) is 0 Å². The van der Waals surface area contributed by atoms with Crippen molar-refractivity contribution in [2.75, 3.05) is 16.0 Å². The standard InChI is InChI=1S/C33H24N6O6/c1-16(40)34-22-7-10-25-31-19(22)4-13-28(37-31)44-26-11-8-23(35-17(2)41)21-6-15-30(39-32(21)26)45-27-12-9-24(36-18(3)42)20-5-14-29(43-25)38-33(20)27/h4-15H,1-3H3,(H,34,40)(H,35,41)(H,36,42). The van der Waals surface area contributed by atoms with Crippen molar-refractivity contribution in [1.29, 1.82) is 0 Å². The minimum Gasteiger partial charge on any atom is -0.437 e. The maximum atomic E-state index is 11.9. The van der Waals surface area contributed by atoms with Crippen molar-refractivity contribution < 1.29 is 27.6 Å². The fourth-order valence-corrected chi connectivity index (χ4v) is 5.17. The van der Waals surface area contributed by atoms with Crippen LogP contribution in [0.1, 0.15) is 20.8 Å². The molecule has 45 heavy (non-hydrogen) atoms. The molecule has 3 aromatic carbocycles. The van der Waals surface area contributed by atoms with Gasteiger partial charge in [-0.3, -0.25) is 14.4 Å². The molecule has 0 unspecified atom stereocenters. The molecule has 12 nitrogen and oxygen atoms in total. The van der Waals surface area contributed by atoms with Gasteiger partial charge in [0.25, 0.3) is 0 Å². The van der Waals surface area contributed by atoms with Crippen LogP contribution in [0.4, 0.5) is 17.1 Å². The van der Waals surface area contributed by atoms with Gasteiger partial charge in [-0.1, -0.05) is 0 Å². The number of hydrogen-bond donors (Lipinski definition) is 3. The van der Waals surface area contributed by atoms with Gasteiger partial charge in [0.1, 0.15) is 16.6 Å². The molecule has 222 valence electrons. The summed E-state index contributed by atoms with van der Waals surface area (Å²) in [5.41, 5.74) is 4.62.